The van der Waals surface area contributed by atoms with Gasteiger partial charge >= 0.3 is 0 Å². The van der Waals surface area contributed by atoms with Crippen molar-refractivity contribution in [1.29, 1.82) is 0 Å². The molecular formula is C15H13BP. The molecule has 0 amide bonds. The maximum Gasteiger partial charge on any atom is 0.0370 e. The summed E-state index contributed by atoms with van der Waals surface area (Å²) in [6.45, 7) is 0. The van der Waals surface area contributed by atoms with Crippen LogP contribution in [0.4, 0.5) is 0 Å². The molecule has 0 aliphatic carbocycles. The van der Waals surface area contributed by atoms with E-state index in [0.29, 0.717) is 0 Å². The van der Waals surface area contributed by atoms with Gasteiger partial charge in [-0.05, 0) is 18.5 Å². The number of hydrogen-bond acceptors (Lipinski definition) is 0. The number of benzene rings is 2. The maximum absolute atomic E-state index is 5.47. The highest BCUT2D eigenvalue weighted by molar-refractivity contribution is 7.73. The van der Waals surface area contributed by atoms with Crippen LogP contribution >= 0.6 is 7.92 Å². The van der Waals surface area contributed by atoms with Crippen molar-refractivity contribution in [3.05, 3.63) is 60.7 Å². The lowest BCUT2D eigenvalue weighted by Crippen LogP contribution is -2.12. The lowest BCUT2D eigenvalue weighted by molar-refractivity contribution is 1.73. The molecule has 81 valence electrons. The minimum Gasteiger partial charge on any atom is -0.120 e. The van der Waals surface area contributed by atoms with E-state index in [1.165, 1.54) is 10.6 Å². The first kappa shape index (κ1) is 13.6. The number of rotatable bonds is 3. The second-order valence-corrected chi connectivity index (χ2v) is 5.67. The van der Waals surface area contributed by atoms with Crippen LogP contribution in [0, 0.1) is 12.3 Å². The molecule has 2 heteroatoms. The standard InChI is InChI=1S/C15H13P.B/c1-2-13-16(14-9-5-3-6-10-14)15-11-7-4-8-12-15;/h1,3-12H,13H2;. The Morgan fingerprint density at radius 3 is 1.59 bits per heavy atom. The van der Waals surface area contributed by atoms with E-state index in [4.69, 9.17) is 6.42 Å². The maximum atomic E-state index is 5.47. The van der Waals surface area contributed by atoms with Crippen LogP contribution in [0.1, 0.15) is 0 Å². The average Bonchev–Trinajstić information content (AvgIpc) is 2.38. The predicted octanol–water partition coefficient (Wildman–Crippen LogP) is 2.37. The molecule has 0 N–H and O–H groups in total. The summed E-state index contributed by atoms with van der Waals surface area (Å²) in [5, 5.41) is 2.70. The highest BCUT2D eigenvalue weighted by Gasteiger charge is 2.10. The summed E-state index contributed by atoms with van der Waals surface area (Å²) >= 11 is 0. The molecule has 0 aromatic heterocycles. The quantitative estimate of drug-likeness (QED) is 0.435. The predicted molar refractivity (Wildman–Crippen MR) is 78.5 cm³/mol. The summed E-state index contributed by atoms with van der Waals surface area (Å²) in [4.78, 5) is 0. The molecule has 0 aliphatic heterocycles. The van der Waals surface area contributed by atoms with Crippen molar-refractivity contribution >= 4 is 26.9 Å². The molecule has 0 saturated heterocycles. The van der Waals surface area contributed by atoms with Gasteiger partial charge in [-0.15, -0.1) is 12.3 Å². The Balaban J connectivity index is 0.00000144. The second-order valence-electron chi connectivity index (χ2n) is 3.46. The Kier molecular flexibility index (Phi) is 5.54. The largest absolute Gasteiger partial charge is 0.120 e. The van der Waals surface area contributed by atoms with Gasteiger partial charge in [0.25, 0.3) is 0 Å². The summed E-state index contributed by atoms with van der Waals surface area (Å²) in [6, 6.07) is 21.0. The minimum absolute atomic E-state index is 0. The zero-order valence-electron chi connectivity index (χ0n) is 9.58. The molecule has 2 aromatic carbocycles. The third kappa shape index (κ3) is 3.48. The van der Waals surface area contributed by atoms with Crippen molar-refractivity contribution in [2.24, 2.45) is 0 Å². The van der Waals surface area contributed by atoms with Gasteiger partial charge in [0.2, 0.25) is 0 Å². The second kappa shape index (κ2) is 6.95. The van der Waals surface area contributed by atoms with E-state index in [0.717, 1.165) is 6.16 Å². The topological polar surface area (TPSA) is 0 Å². The summed E-state index contributed by atoms with van der Waals surface area (Å²) < 4.78 is 0. The smallest absolute Gasteiger partial charge is 0.0370 e. The summed E-state index contributed by atoms with van der Waals surface area (Å²) in [7, 11) is -0.387. The first-order valence-corrected chi connectivity index (χ1v) is 6.75. The van der Waals surface area contributed by atoms with Crippen molar-refractivity contribution in [2.45, 2.75) is 0 Å². The molecule has 0 saturated carbocycles. The molecule has 0 nitrogen and oxygen atoms in total. The van der Waals surface area contributed by atoms with Gasteiger partial charge in [-0.25, -0.2) is 0 Å². The summed E-state index contributed by atoms with van der Waals surface area (Å²) in [6.07, 6.45) is 6.28. The van der Waals surface area contributed by atoms with Crippen LogP contribution in [0.5, 0.6) is 0 Å². The Morgan fingerprint density at radius 2 is 1.24 bits per heavy atom. The van der Waals surface area contributed by atoms with Crippen molar-refractivity contribution in [2.75, 3.05) is 6.16 Å². The molecule has 0 fully saturated rings. The Hall–Kier alpha value is -1.51. The summed E-state index contributed by atoms with van der Waals surface area (Å²) in [5.74, 6) is 2.79. The van der Waals surface area contributed by atoms with E-state index >= 15 is 0 Å². The third-order valence-corrected chi connectivity index (χ3v) is 4.73. The normalized spacial score (nSPS) is 9.41. The molecule has 3 radical (unpaired) electrons. The zero-order chi connectivity index (χ0) is 11.2. The van der Waals surface area contributed by atoms with E-state index in [-0.39, 0.29) is 16.3 Å². The van der Waals surface area contributed by atoms with Gasteiger partial charge in [0.15, 0.2) is 0 Å². The van der Waals surface area contributed by atoms with Crippen molar-refractivity contribution < 1.29 is 0 Å². The molecular weight excluding hydrogens is 222 g/mol. The first-order chi connectivity index (χ1) is 7.92. The first-order valence-electron chi connectivity index (χ1n) is 5.23. The van der Waals surface area contributed by atoms with E-state index in [9.17, 15) is 0 Å². The van der Waals surface area contributed by atoms with Gasteiger partial charge < -0.3 is 0 Å². The van der Waals surface area contributed by atoms with E-state index in [1.54, 1.807) is 0 Å². The highest BCUT2D eigenvalue weighted by Crippen LogP contribution is 2.32. The van der Waals surface area contributed by atoms with Gasteiger partial charge in [0, 0.05) is 14.6 Å². The fourth-order valence-corrected chi connectivity index (χ4v) is 3.55. The van der Waals surface area contributed by atoms with Crippen molar-refractivity contribution in [3.8, 4) is 12.3 Å². The van der Waals surface area contributed by atoms with Crippen LogP contribution in [0.2, 0.25) is 0 Å². The van der Waals surface area contributed by atoms with Crippen LogP contribution in [0.15, 0.2) is 60.7 Å². The van der Waals surface area contributed by atoms with Gasteiger partial charge in [-0.3, -0.25) is 0 Å². The molecule has 2 rings (SSSR count). The van der Waals surface area contributed by atoms with Crippen LogP contribution in [0.25, 0.3) is 0 Å². The fraction of sp³-hybridized carbons (Fsp3) is 0.0667. The van der Waals surface area contributed by atoms with Crippen LogP contribution in [-0.2, 0) is 0 Å². The van der Waals surface area contributed by atoms with Crippen molar-refractivity contribution in [1.82, 2.24) is 0 Å². The lowest BCUT2D eigenvalue weighted by atomic mass is 10.4. The minimum atomic E-state index is -0.387. The third-order valence-electron chi connectivity index (χ3n) is 2.39. The molecule has 0 bridgehead atoms. The van der Waals surface area contributed by atoms with Gasteiger partial charge in [0.1, 0.15) is 0 Å². The Morgan fingerprint density at radius 1 is 0.824 bits per heavy atom. The molecule has 0 unspecified atom stereocenters. The average molecular weight is 235 g/mol. The SMILES string of the molecule is C#CCP(c1ccccc1)c1ccccc1.[B]. The number of hydrogen-bond donors (Lipinski definition) is 0. The fourth-order valence-electron chi connectivity index (χ4n) is 1.64. The van der Waals surface area contributed by atoms with E-state index in [2.05, 4.69) is 54.5 Å². The Bertz CT molecular complexity index is 434. The van der Waals surface area contributed by atoms with E-state index < -0.39 is 0 Å². The molecule has 0 heterocycles. The van der Waals surface area contributed by atoms with Crippen LogP contribution in [-0.4, -0.2) is 14.6 Å². The van der Waals surface area contributed by atoms with E-state index in [1.807, 2.05) is 12.1 Å². The van der Waals surface area contributed by atoms with Crippen LogP contribution < -0.4 is 10.6 Å². The lowest BCUT2D eigenvalue weighted by Gasteiger charge is -2.15. The van der Waals surface area contributed by atoms with Gasteiger partial charge in [0.05, 0.1) is 0 Å². The van der Waals surface area contributed by atoms with Gasteiger partial charge in [-0.1, -0.05) is 60.7 Å². The molecule has 17 heavy (non-hydrogen) atoms. The monoisotopic (exact) mass is 235 g/mol. The molecule has 0 atom stereocenters. The molecule has 2 aromatic rings. The van der Waals surface area contributed by atoms with Crippen LogP contribution in [0.3, 0.4) is 0 Å². The summed E-state index contributed by atoms with van der Waals surface area (Å²) in [5.41, 5.74) is 0. The Labute approximate surface area is 106 Å². The highest BCUT2D eigenvalue weighted by atomic mass is 31.1. The number of terminal acetylenes is 1. The van der Waals surface area contributed by atoms with Gasteiger partial charge in [-0.2, -0.15) is 0 Å². The molecule has 0 aliphatic rings. The zero-order valence-corrected chi connectivity index (χ0v) is 10.5. The molecule has 0 spiro atoms. The van der Waals surface area contributed by atoms with Crippen molar-refractivity contribution in [3.63, 3.8) is 0 Å².